The fourth-order valence-electron chi connectivity index (χ4n) is 4.08. The highest BCUT2D eigenvalue weighted by Gasteiger charge is 2.29. The van der Waals surface area contributed by atoms with Crippen molar-refractivity contribution in [2.24, 2.45) is 0 Å². The predicted molar refractivity (Wildman–Crippen MR) is 143 cm³/mol. The third-order valence-corrected chi connectivity index (χ3v) is 9.61. The van der Waals surface area contributed by atoms with E-state index in [9.17, 15) is 18.0 Å². The first-order valence-electron chi connectivity index (χ1n) is 11.8. The minimum absolute atomic E-state index is 0.0782. The molecule has 0 radical (unpaired) electrons. The predicted octanol–water partition coefficient (Wildman–Crippen LogP) is 3.63. The van der Waals surface area contributed by atoms with Crippen LogP contribution in [0, 0.1) is 6.92 Å². The fraction of sp³-hybridized carbons (Fsp3) is 0.360. The molecule has 1 aromatic heterocycles. The summed E-state index contributed by atoms with van der Waals surface area (Å²) in [7, 11) is -2.47. The van der Waals surface area contributed by atoms with E-state index in [0.717, 1.165) is 21.4 Å². The largest absolute Gasteiger partial charge is 0.497 e. The lowest BCUT2D eigenvalue weighted by molar-refractivity contribution is -0.123. The minimum Gasteiger partial charge on any atom is -0.497 e. The van der Waals surface area contributed by atoms with E-state index >= 15 is 0 Å². The Kier molecular flexibility index (Phi) is 8.58. The molecule has 3 N–H and O–H groups in total. The molecule has 3 aromatic rings. The monoisotopic (exact) mass is 565 g/mol. The zero-order valence-corrected chi connectivity index (χ0v) is 22.8. The van der Waals surface area contributed by atoms with Gasteiger partial charge in [0.25, 0.3) is 15.9 Å². The Balaban J connectivity index is 1.51. The summed E-state index contributed by atoms with van der Waals surface area (Å²) < 4.78 is 41.2. The van der Waals surface area contributed by atoms with Crippen LogP contribution in [0.2, 0.25) is 5.02 Å². The van der Waals surface area contributed by atoms with E-state index in [1.807, 2.05) is 0 Å². The number of nitrogens with one attached hydrogen (secondary N) is 3. The van der Waals surface area contributed by atoms with Crippen LogP contribution in [0.25, 0.3) is 10.1 Å². The van der Waals surface area contributed by atoms with Crippen LogP contribution in [0.15, 0.2) is 40.6 Å². The molecule has 0 fully saturated rings. The summed E-state index contributed by atoms with van der Waals surface area (Å²) in [6.07, 6.45) is 1.35. The highest BCUT2D eigenvalue weighted by Crippen LogP contribution is 2.35. The number of benzene rings is 2. The lowest BCUT2D eigenvalue weighted by Crippen LogP contribution is -2.47. The number of carbonyl (C=O) groups excluding carboxylic acids is 2. The second kappa shape index (κ2) is 11.7. The summed E-state index contributed by atoms with van der Waals surface area (Å²) in [6.45, 7) is 2.29. The third-order valence-electron chi connectivity index (χ3n) is 6.01. The Morgan fingerprint density at radius 3 is 2.70 bits per heavy atom. The Labute approximate surface area is 224 Å². The van der Waals surface area contributed by atoms with Crippen LogP contribution in [0.4, 0.5) is 0 Å². The van der Waals surface area contributed by atoms with Gasteiger partial charge in [-0.15, -0.1) is 11.3 Å². The van der Waals surface area contributed by atoms with Gasteiger partial charge in [-0.05, 0) is 67.5 Å². The average molecular weight is 566 g/mol. The number of ether oxygens (including phenoxy) is 2. The number of methoxy groups -OCH3 is 1. The molecule has 1 aliphatic rings. The van der Waals surface area contributed by atoms with Gasteiger partial charge >= 0.3 is 0 Å². The molecule has 198 valence electrons. The molecule has 0 bridgehead atoms. The van der Waals surface area contributed by atoms with Crippen LogP contribution in [-0.4, -0.2) is 53.1 Å². The van der Waals surface area contributed by atoms with Crippen LogP contribution in [0.1, 0.15) is 35.2 Å². The molecule has 0 saturated carbocycles. The van der Waals surface area contributed by atoms with Gasteiger partial charge < -0.3 is 20.1 Å². The third kappa shape index (κ3) is 6.35. The summed E-state index contributed by atoms with van der Waals surface area (Å²) in [6, 6.07) is 9.16. The number of hydrogen-bond acceptors (Lipinski definition) is 7. The van der Waals surface area contributed by atoms with Crippen molar-refractivity contribution in [1.29, 1.82) is 0 Å². The maximum Gasteiger partial charge on any atom is 0.255 e. The topological polar surface area (TPSA) is 123 Å². The first kappa shape index (κ1) is 27.2. The summed E-state index contributed by atoms with van der Waals surface area (Å²) >= 11 is 7.23. The first-order valence-corrected chi connectivity index (χ1v) is 14.4. The Bertz CT molecular complexity index is 1420. The summed E-state index contributed by atoms with van der Waals surface area (Å²) in [5.74, 6) is 0.142. The Morgan fingerprint density at radius 1 is 1.11 bits per heavy atom. The van der Waals surface area contributed by atoms with Gasteiger partial charge in [-0.2, -0.15) is 4.72 Å². The van der Waals surface area contributed by atoms with Crippen molar-refractivity contribution in [2.75, 3.05) is 26.8 Å². The van der Waals surface area contributed by atoms with Gasteiger partial charge in [0, 0.05) is 22.3 Å². The maximum atomic E-state index is 13.3. The molecule has 2 amide bonds. The van der Waals surface area contributed by atoms with E-state index in [1.165, 1.54) is 7.11 Å². The molecular weight excluding hydrogens is 538 g/mol. The zero-order chi connectivity index (χ0) is 26.6. The molecular formula is C25H28ClN3O6S2. The number of halogens is 1. The number of fused-ring (bicyclic) bond motifs is 2. The van der Waals surface area contributed by atoms with Crippen molar-refractivity contribution in [3.05, 3.63) is 52.5 Å². The second-order valence-electron chi connectivity index (χ2n) is 8.58. The number of sulfonamides is 1. The van der Waals surface area contributed by atoms with Crippen molar-refractivity contribution in [3.8, 4) is 11.5 Å². The highest BCUT2D eigenvalue weighted by atomic mass is 35.5. The molecule has 4 rings (SSSR count). The Hall–Kier alpha value is -2.86. The van der Waals surface area contributed by atoms with Crippen molar-refractivity contribution >= 4 is 54.9 Å². The molecule has 37 heavy (non-hydrogen) atoms. The molecule has 0 aliphatic carbocycles. The van der Waals surface area contributed by atoms with E-state index in [2.05, 4.69) is 15.4 Å². The SMILES string of the molecule is COc1ccc2c(c1)OCCNC(=O)[C@@H](NS(=O)(=O)c1sc3ccc(Cl)cc3c1C)CCCCNC2=O. The highest BCUT2D eigenvalue weighted by molar-refractivity contribution is 7.91. The molecule has 1 aliphatic heterocycles. The standard InChI is InChI=1S/C25H28ClN3O6S2/c1-15-19-13-16(26)6-9-22(19)36-25(15)37(32,33)29-20-5-3-4-10-27-23(30)18-8-7-17(34-2)14-21(18)35-12-11-28-24(20)31/h6-9,13-14,20,29H,3-5,10-12H2,1-2H3,(H,27,30)(H,28,31)/t20-/m0/s1. The van der Waals surface area contributed by atoms with Crippen molar-refractivity contribution < 1.29 is 27.5 Å². The Morgan fingerprint density at radius 2 is 1.92 bits per heavy atom. The van der Waals surface area contributed by atoms with E-state index in [0.29, 0.717) is 47.0 Å². The van der Waals surface area contributed by atoms with Crippen molar-refractivity contribution in [1.82, 2.24) is 15.4 Å². The molecule has 2 heterocycles. The number of amides is 2. The van der Waals surface area contributed by atoms with Gasteiger partial charge in [0.2, 0.25) is 5.91 Å². The molecule has 1 atom stereocenters. The summed E-state index contributed by atoms with van der Waals surface area (Å²) in [4.78, 5) is 25.7. The number of rotatable bonds is 4. The minimum atomic E-state index is -3.98. The van der Waals surface area contributed by atoms with Gasteiger partial charge in [-0.3, -0.25) is 9.59 Å². The van der Waals surface area contributed by atoms with Gasteiger partial charge in [0.1, 0.15) is 28.4 Å². The molecule has 0 saturated heterocycles. The smallest absolute Gasteiger partial charge is 0.255 e. The lowest BCUT2D eigenvalue weighted by Gasteiger charge is -2.20. The second-order valence-corrected chi connectivity index (χ2v) is 12.0. The van der Waals surface area contributed by atoms with E-state index < -0.39 is 22.0 Å². The number of aryl methyl sites for hydroxylation is 1. The first-order chi connectivity index (χ1) is 17.7. The quantitative estimate of drug-likeness (QED) is 0.444. The molecule has 12 heteroatoms. The van der Waals surface area contributed by atoms with E-state index in [4.69, 9.17) is 21.1 Å². The summed E-state index contributed by atoms with van der Waals surface area (Å²) in [5, 5.41) is 6.87. The number of carbonyl (C=O) groups is 2. The van der Waals surface area contributed by atoms with Crippen molar-refractivity contribution in [3.63, 3.8) is 0 Å². The molecule has 9 nitrogen and oxygen atoms in total. The lowest BCUT2D eigenvalue weighted by atomic mass is 10.1. The van der Waals surface area contributed by atoms with Crippen molar-refractivity contribution in [2.45, 2.75) is 36.4 Å². The number of hydrogen-bond donors (Lipinski definition) is 3. The number of thiophene rings is 1. The maximum absolute atomic E-state index is 13.3. The van der Waals surface area contributed by atoms with Crippen LogP contribution in [0.5, 0.6) is 11.5 Å². The van der Waals surface area contributed by atoms with Crippen LogP contribution in [0.3, 0.4) is 0 Å². The zero-order valence-electron chi connectivity index (χ0n) is 20.4. The van der Waals surface area contributed by atoms with E-state index in [1.54, 1.807) is 43.3 Å². The normalized spacial score (nSPS) is 17.8. The van der Waals surface area contributed by atoms with Crippen LogP contribution >= 0.6 is 22.9 Å². The molecule has 0 unspecified atom stereocenters. The van der Waals surface area contributed by atoms with Crippen LogP contribution < -0.4 is 24.8 Å². The van der Waals surface area contributed by atoms with Gasteiger partial charge in [0.05, 0.1) is 19.2 Å². The van der Waals surface area contributed by atoms with E-state index in [-0.39, 0.29) is 29.7 Å². The molecule has 0 spiro atoms. The fourth-order valence-corrected chi connectivity index (χ4v) is 7.24. The average Bonchev–Trinajstić information content (AvgIpc) is 3.21. The van der Waals surface area contributed by atoms with Gasteiger partial charge in [0.15, 0.2) is 0 Å². The van der Waals surface area contributed by atoms with Gasteiger partial charge in [-0.25, -0.2) is 8.42 Å². The van der Waals surface area contributed by atoms with Gasteiger partial charge in [-0.1, -0.05) is 11.6 Å². The summed E-state index contributed by atoms with van der Waals surface area (Å²) in [5.41, 5.74) is 0.955. The van der Waals surface area contributed by atoms with Crippen LogP contribution in [-0.2, 0) is 14.8 Å². The molecule has 2 aromatic carbocycles.